The molecule has 2 rings (SSSR count). The largest absolute Gasteiger partial charge is 0.347 e. The highest BCUT2D eigenvalue weighted by molar-refractivity contribution is 5.88. The van der Waals surface area contributed by atoms with Gasteiger partial charge >= 0.3 is 0 Å². The van der Waals surface area contributed by atoms with Gasteiger partial charge in [-0.2, -0.15) is 0 Å². The lowest BCUT2D eigenvalue weighted by Crippen LogP contribution is -2.46. The van der Waals surface area contributed by atoms with E-state index in [1.54, 1.807) is 23.9 Å². The molecule has 0 aromatic heterocycles. The summed E-state index contributed by atoms with van der Waals surface area (Å²) < 4.78 is 0. The van der Waals surface area contributed by atoms with Crippen molar-refractivity contribution in [2.75, 3.05) is 20.6 Å². The van der Waals surface area contributed by atoms with Crippen molar-refractivity contribution in [3.05, 3.63) is 0 Å². The van der Waals surface area contributed by atoms with Crippen molar-refractivity contribution in [2.45, 2.75) is 50.6 Å². The predicted octanol–water partition coefficient (Wildman–Crippen LogP) is 1.00. The van der Waals surface area contributed by atoms with E-state index >= 15 is 0 Å². The minimum atomic E-state index is -0.250. The summed E-state index contributed by atoms with van der Waals surface area (Å²) >= 11 is 0. The van der Waals surface area contributed by atoms with Gasteiger partial charge in [0, 0.05) is 33.1 Å². The van der Waals surface area contributed by atoms with Gasteiger partial charge in [-0.05, 0) is 31.6 Å². The van der Waals surface area contributed by atoms with Crippen LogP contribution in [0.4, 0.5) is 0 Å². The van der Waals surface area contributed by atoms with Crippen molar-refractivity contribution in [2.24, 2.45) is 11.7 Å². The quantitative estimate of drug-likeness (QED) is 0.846. The highest BCUT2D eigenvalue weighted by Crippen LogP contribution is 2.29. The summed E-state index contributed by atoms with van der Waals surface area (Å²) in [5.41, 5.74) is 6.02. The summed E-state index contributed by atoms with van der Waals surface area (Å²) in [6.45, 7) is 0.713. The molecule has 0 spiro atoms. The molecule has 2 N–H and O–H groups in total. The second kappa shape index (κ2) is 7.27. The van der Waals surface area contributed by atoms with Crippen LogP contribution in [-0.2, 0) is 9.59 Å². The molecule has 1 saturated heterocycles. The Morgan fingerprint density at radius 2 is 1.90 bits per heavy atom. The number of halogens is 1. The number of rotatable bonds is 3. The minimum absolute atomic E-state index is 0. The smallest absolute Gasteiger partial charge is 0.244 e. The van der Waals surface area contributed by atoms with Gasteiger partial charge < -0.3 is 15.5 Å². The van der Waals surface area contributed by atoms with Crippen molar-refractivity contribution in [1.29, 1.82) is 0 Å². The number of hydrogen-bond acceptors (Lipinski definition) is 3. The Kier molecular flexibility index (Phi) is 6.27. The molecule has 0 radical (unpaired) electrons. The van der Waals surface area contributed by atoms with E-state index in [0.29, 0.717) is 18.9 Å². The van der Waals surface area contributed by atoms with Crippen molar-refractivity contribution in [1.82, 2.24) is 9.80 Å². The molecule has 1 aliphatic heterocycles. The maximum Gasteiger partial charge on any atom is 0.244 e. The molecule has 0 aromatic rings. The summed E-state index contributed by atoms with van der Waals surface area (Å²) in [5, 5.41) is 0. The van der Waals surface area contributed by atoms with Gasteiger partial charge in [-0.1, -0.05) is 6.42 Å². The second-order valence-corrected chi connectivity index (χ2v) is 6.04. The van der Waals surface area contributed by atoms with E-state index in [2.05, 4.69) is 0 Å². The molecule has 1 saturated carbocycles. The monoisotopic (exact) mass is 303 g/mol. The molecule has 1 aliphatic carbocycles. The fourth-order valence-electron chi connectivity index (χ4n) is 3.28. The Morgan fingerprint density at radius 3 is 2.45 bits per heavy atom. The third kappa shape index (κ3) is 3.64. The van der Waals surface area contributed by atoms with Gasteiger partial charge in [0.1, 0.15) is 6.04 Å². The molecule has 1 unspecified atom stereocenters. The molecule has 0 bridgehead atoms. The molecule has 0 aromatic carbocycles. The molecule has 6 heteroatoms. The first-order valence-corrected chi connectivity index (χ1v) is 7.27. The zero-order valence-corrected chi connectivity index (χ0v) is 13.2. The average Bonchev–Trinajstić information content (AvgIpc) is 2.98. The van der Waals surface area contributed by atoms with E-state index in [1.807, 2.05) is 0 Å². The topological polar surface area (TPSA) is 66.6 Å². The highest BCUT2D eigenvalue weighted by atomic mass is 35.5. The van der Waals surface area contributed by atoms with Crippen LogP contribution in [-0.4, -0.2) is 54.3 Å². The van der Waals surface area contributed by atoms with Gasteiger partial charge in [-0.25, -0.2) is 0 Å². The lowest BCUT2D eigenvalue weighted by atomic mass is 9.99. The second-order valence-electron chi connectivity index (χ2n) is 6.04. The van der Waals surface area contributed by atoms with Crippen LogP contribution in [0.5, 0.6) is 0 Å². The number of amides is 2. The van der Waals surface area contributed by atoms with Gasteiger partial charge in [-0.15, -0.1) is 12.4 Å². The molecular weight excluding hydrogens is 278 g/mol. The van der Waals surface area contributed by atoms with Gasteiger partial charge in [0.15, 0.2) is 0 Å². The molecule has 1 heterocycles. The summed E-state index contributed by atoms with van der Waals surface area (Å²) in [7, 11) is 3.49. The minimum Gasteiger partial charge on any atom is -0.347 e. The van der Waals surface area contributed by atoms with Crippen LogP contribution in [0.15, 0.2) is 0 Å². The lowest BCUT2D eigenvalue weighted by molar-refractivity contribution is -0.142. The standard InChI is InChI=1S/C14H25N3O2.ClH/c1-16(2)14(19)12-7-4-8-17(12)13(18)9-10-5-3-6-11(10)15;/h10-12H,3-9,15H2,1-2H3;1H/t10-,11+,12?;/m0./s1. The third-order valence-corrected chi connectivity index (χ3v) is 4.45. The zero-order chi connectivity index (χ0) is 14.0. The van der Waals surface area contributed by atoms with E-state index < -0.39 is 0 Å². The Balaban J connectivity index is 0.00000200. The van der Waals surface area contributed by atoms with Crippen molar-refractivity contribution >= 4 is 24.2 Å². The van der Waals surface area contributed by atoms with Crippen molar-refractivity contribution < 1.29 is 9.59 Å². The Bertz CT molecular complexity index is 362. The summed E-state index contributed by atoms with van der Waals surface area (Å²) in [5.74, 6) is 0.463. The number of carbonyl (C=O) groups is 2. The van der Waals surface area contributed by atoms with Crippen LogP contribution in [0.2, 0.25) is 0 Å². The maximum atomic E-state index is 12.4. The Labute approximate surface area is 127 Å². The average molecular weight is 304 g/mol. The van der Waals surface area contributed by atoms with Crippen LogP contribution in [0.3, 0.4) is 0 Å². The first kappa shape index (κ1) is 17.2. The first-order chi connectivity index (χ1) is 9.00. The van der Waals surface area contributed by atoms with Crippen LogP contribution >= 0.6 is 12.4 Å². The maximum absolute atomic E-state index is 12.4. The predicted molar refractivity (Wildman–Crippen MR) is 80.6 cm³/mol. The molecule has 3 atom stereocenters. The lowest BCUT2D eigenvalue weighted by Gasteiger charge is -2.27. The van der Waals surface area contributed by atoms with E-state index in [1.165, 1.54) is 0 Å². The van der Waals surface area contributed by atoms with E-state index in [0.717, 1.165) is 32.1 Å². The molecule has 2 amide bonds. The Hall–Kier alpha value is -0.810. The van der Waals surface area contributed by atoms with Crippen LogP contribution < -0.4 is 5.73 Å². The fourth-order valence-corrected chi connectivity index (χ4v) is 3.28. The van der Waals surface area contributed by atoms with Gasteiger partial charge in [0.2, 0.25) is 11.8 Å². The normalized spacial score (nSPS) is 29.1. The number of likely N-dealkylation sites (tertiary alicyclic amines) is 1. The number of nitrogens with two attached hydrogens (primary N) is 1. The van der Waals surface area contributed by atoms with Gasteiger partial charge in [-0.3, -0.25) is 9.59 Å². The first-order valence-electron chi connectivity index (χ1n) is 7.27. The van der Waals surface area contributed by atoms with Gasteiger partial charge in [0.25, 0.3) is 0 Å². The van der Waals surface area contributed by atoms with Crippen LogP contribution in [0.25, 0.3) is 0 Å². The molecule has 2 fully saturated rings. The molecular formula is C14H26ClN3O2. The number of hydrogen-bond donors (Lipinski definition) is 1. The summed E-state index contributed by atoms with van der Waals surface area (Å²) in [6, 6.07) is -0.0883. The zero-order valence-electron chi connectivity index (χ0n) is 12.4. The summed E-state index contributed by atoms with van der Waals surface area (Å²) in [6.07, 6.45) is 5.43. The van der Waals surface area contributed by atoms with Crippen molar-refractivity contribution in [3.63, 3.8) is 0 Å². The molecule has 116 valence electrons. The summed E-state index contributed by atoms with van der Waals surface area (Å²) in [4.78, 5) is 27.8. The Morgan fingerprint density at radius 1 is 1.20 bits per heavy atom. The van der Waals surface area contributed by atoms with E-state index in [-0.39, 0.29) is 36.3 Å². The molecule has 20 heavy (non-hydrogen) atoms. The highest BCUT2D eigenvalue weighted by Gasteiger charge is 2.36. The number of likely N-dealkylation sites (N-methyl/N-ethyl adjacent to an activating group) is 1. The van der Waals surface area contributed by atoms with E-state index in [4.69, 9.17) is 5.73 Å². The molecule has 2 aliphatic rings. The number of carbonyl (C=O) groups excluding carboxylic acids is 2. The van der Waals surface area contributed by atoms with Crippen molar-refractivity contribution in [3.8, 4) is 0 Å². The van der Waals surface area contributed by atoms with Crippen LogP contribution in [0, 0.1) is 5.92 Å². The van der Waals surface area contributed by atoms with E-state index in [9.17, 15) is 9.59 Å². The van der Waals surface area contributed by atoms with Crippen LogP contribution in [0.1, 0.15) is 38.5 Å². The molecule has 5 nitrogen and oxygen atoms in total. The van der Waals surface area contributed by atoms with Gasteiger partial charge in [0.05, 0.1) is 0 Å². The SMILES string of the molecule is CN(C)C(=O)C1CCCN1C(=O)C[C@@H]1CCC[C@H]1N.Cl. The third-order valence-electron chi connectivity index (χ3n) is 4.45. The fraction of sp³-hybridized carbons (Fsp3) is 0.857. The number of nitrogens with zero attached hydrogens (tertiary/aromatic N) is 2.